The van der Waals surface area contributed by atoms with E-state index in [0.29, 0.717) is 31.2 Å². The first kappa shape index (κ1) is 22.6. The molecule has 2 N–H and O–H groups in total. The number of rotatable bonds is 5. The minimum absolute atomic E-state index is 0.0960. The third-order valence-electron chi connectivity index (χ3n) is 5.25. The van der Waals surface area contributed by atoms with Crippen molar-refractivity contribution in [3.8, 4) is 11.3 Å². The fraction of sp³-hybridized carbons (Fsp3) is 0.458. The predicted molar refractivity (Wildman–Crippen MR) is 120 cm³/mol. The van der Waals surface area contributed by atoms with Crippen LogP contribution < -0.4 is 10.9 Å². The lowest BCUT2D eigenvalue weighted by Crippen LogP contribution is -2.43. The number of piperidine rings is 1. The highest BCUT2D eigenvalue weighted by atomic mass is 16.6. The molecule has 1 aromatic heterocycles. The van der Waals surface area contributed by atoms with E-state index in [9.17, 15) is 14.4 Å². The number of benzene rings is 1. The summed E-state index contributed by atoms with van der Waals surface area (Å²) in [6.45, 7) is 7.34. The smallest absolute Gasteiger partial charge is 0.410 e. The molecule has 2 aromatic rings. The van der Waals surface area contributed by atoms with Crippen LogP contribution in [0.25, 0.3) is 11.3 Å². The minimum Gasteiger partial charge on any atom is -0.444 e. The van der Waals surface area contributed by atoms with Crippen LogP contribution in [0.1, 0.15) is 50.4 Å². The van der Waals surface area contributed by atoms with Crippen LogP contribution in [0.2, 0.25) is 0 Å². The molecule has 1 atom stereocenters. The SMILES string of the molecule is CC(C)(C)OC(=O)N1CCCC(CCNC(=O)c2ccc(-c3ccccc3)[nH]c2=O)C1. The molecule has 0 saturated carbocycles. The van der Waals surface area contributed by atoms with E-state index in [4.69, 9.17) is 4.74 Å². The van der Waals surface area contributed by atoms with Crippen LogP contribution in [-0.4, -0.2) is 47.1 Å². The first-order valence-corrected chi connectivity index (χ1v) is 10.8. The van der Waals surface area contributed by atoms with Gasteiger partial charge in [-0.15, -0.1) is 0 Å². The van der Waals surface area contributed by atoms with Gasteiger partial charge in [-0.05, 0) is 63.6 Å². The standard InChI is InChI=1S/C24H31N3O4/c1-24(2,3)31-23(30)27-15-7-8-17(16-27)13-14-25-21(28)19-11-12-20(26-22(19)29)18-9-5-4-6-10-18/h4-6,9-12,17H,7-8,13-16H2,1-3H3,(H,25,28)(H,26,29). The molecular formula is C24H31N3O4. The Bertz CT molecular complexity index is 963. The van der Waals surface area contributed by atoms with Crippen molar-refractivity contribution in [2.24, 2.45) is 5.92 Å². The number of H-pyrrole nitrogens is 1. The van der Waals surface area contributed by atoms with Gasteiger partial charge in [0.15, 0.2) is 0 Å². The predicted octanol–water partition coefficient (Wildman–Crippen LogP) is 3.81. The molecule has 1 fully saturated rings. The molecule has 1 saturated heterocycles. The van der Waals surface area contributed by atoms with Crippen LogP contribution in [0.4, 0.5) is 4.79 Å². The Morgan fingerprint density at radius 2 is 1.90 bits per heavy atom. The van der Waals surface area contributed by atoms with Crippen LogP contribution in [0.15, 0.2) is 47.3 Å². The van der Waals surface area contributed by atoms with E-state index >= 15 is 0 Å². The highest BCUT2D eigenvalue weighted by molar-refractivity contribution is 5.94. The summed E-state index contributed by atoms with van der Waals surface area (Å²) in [7, 11) is 0. The molecule has 2 heterocycles. The number of likely N-dealkylation sites (tertiary alicyclic amines) is 1. The first-order valence-electron chi connectivity index (χ1n) is 10.8. The number of amides is 2. The maximum atomic E-state index is 12.5. The van der Waals surface area contributed by atoms with E-state index in [1.165, 1.54) is 0 Å². The van der Waals surface area contributed by atoms with Crippen molar-refractivity contribution in [3.05, 3.63) is 58.4 Å². The highest BCUT2D eigenvalue weighted by Gasteiger charge is 2.27. The van der Waals surface area contributed by atoms with E-state index < -0.39 is 11.2 Å². The van der Waals surface area contributed by atoms with Crippen molar-refractivity contribution in [1.82, 2.24) is 15.2 Å². The molecule has 7 heteroatoms. The molecule has 7 nitrogen and oxygen atoms in total. The molecule has 2 amide bonds. The molecule has 1 unspecified atom stereocenters. The third-order valence-corrected chi connectivity index (χ3v) is 5.25. The van der Waals surface area contributed by atoms with Gasteiger partial charge in [0.1, 0.15) is 11.2 Å². The Balaban J connectivity index is 1.51. The zero-order chi connectivity index (χ0) is 22.4. The van der Waals surface area contributed by atoms with Crippen LogP contribution >= 0.6 is 0 Å². The van der Waals surface area contributed by atoms with Crippen molar-refractivity contribution in [3.63, 3.8) is 0 Å². The summed E-state index contributed by atoms with van der Waals surface area (Å²) in [5, 5.41) is 2.83. The number of aromatic nitrogens is 1. The number of carbonyl (C=O) groups is 2. The quantitative estimate of drug-likeness (QED) is 0.762. The fourth-order valence-corrected chi connectivity index (χ4v) is 3.72. The second-order valence-corrected chi connectivity index (χ2v) is 8.96. The second kappa shape index (κ2) is 9.81. The highest BCUT2D eigenvalue weighted by Crippen LogP contribution is 2.21. The zero-order valence-electron chi connectivity index (χ0n) is 18.4. The van der Waals surface area contributed by atoms with Gasteiger partial charge in [-0.25, -0.2) is 4.79 Å². The Labute approximate surface area is 182 Å². The number of carbonyl (C=O) groups excluding carboxylic acids is 2. The van der Waals surface area contributed by atoms with Gasteiger partial charge in [-0.3, -0.25) is 9.59 Å². The van der Waals surface area contributed by atoms with Crippen LogP contribution in [0.5, 0.6) is 0 Å². The molecule has 1 aromatic carbocycles. The van der Waals surface area contributed by atoms with E-state index in [-0.39, 0.29) is 17.6 Å². The second-order valence-electron chi connectivity index (χ2n) is 8.96. The van der Waals surface area contributed by atoms with Gasteiger partial charge in [0.25, 0.3) is 11.5 Å². The van der Waals surface area contributed by atoms with Gasteiger partial charge in [-0.1, -0.05) is 30.3 Å². The Kier molecular flexibility index (Phi) is 7.15. The van der Waals surface area contributed by atoms with Crippen LogP contribution in [0.3, 0.4) is 0 Å². The number of ether oxygens (including phenoxy) is 1. The maximum Gasteiger partial charge on any atom is 0.410 e. The largest absolute Gasteiger partial charge is 0.444 e. The monoisotopic (exact) mass is 425 g/mol. The van der Waals surface area contributed by atoms with Crippen molar-refractivity contribution in [1.29, 1.82) is 0 Å². The number of pyridine rings is 1. The number of hydrogen-bond acceptors (Lipinski definition) is 4. The van der Waals surface area contributed by atoms with Crippen molar-refractivity contribution < 1.29 is 14.3 Å². The fourth-order valence-electron chi connectivity index (χ4n) is 3.72. The van der Waals surface area contributed by atoms with Crippen molar-refractivity contribution in [2.45, 2.75) is 45.6 Å². The molecule has 0 spiro atoms. The van der Waals surface area contributed by atoms with Crippen molar-refractivity contribution in [2.75, 3.05) is 19.6 Å². The zero-order valence-corrected chi connectivity index (χ0v) is 18.4. The van der Waals surface area contributed by atoms with E-state index in [1.54, 1.807) is 17.0 Å². The Morgan fingerprint density at radius 1 is 1.16 bits per heavy atom. The summed E-state index contributed by atoms with van der Waals surface area (Å²) in [4.78, 5) is 41.7. The summed E-state index contributed by atoms with van der Waals surface area (Å²) in [5.41, 5.74) is 0.734. The minimum atomic E-state index is -0.513. The lowest BCUT2D eigenvalue weighted by molar-refractivity contribution is 0.0161. The lowest BCUT2D eigenvalue weighted by atomic mass is 9.95. The molecule has 1 aliphatic heterocycles. The molecule has 31 heavy (non-hydrogen) atoms. The molecule has 3 rings (SSSR count). The summed E-state index contributed by atoms with van der Waals surface area (Å²) < 4.78 is 5.46. The van der Waals surface area contributed by atoms with E-state index in [0.717, 1.165) is 24.8 Å². The topological polar surface area (TPSA) is 91.5 Å². The Hall–Kier alpha value is -3.09. The van der Waals surface area contributed by atoms with Gasteiger partial charge in [0.2, 0.25) is 0 Å². The van der Waals surface area contributed by atoms with Crippen LogP contribution in [0, 0.1) is 5.92 Å². The number of aromatic amines is 1. The number of nitrogens with one attached hydrogen (secondary N) is 2. The molecule has 0 aliphatic carbocycles. The van der Waals surface area contributed by atoms with Gasteiger partial charge >= 0.3 is 6.09 Å². The first-order chi connectivity index (χ1) is 14.7. The summed E-state index contributed by atoms with van der Waals surface area (Å²) in [6.07, 6.45) is 2.37. The Morgan fingerprint density at radius 3 is 2.58 bits per heavy atom. The molecule has 0 radical (unpaired) electrons. The van der Waals surface area contributed by atoms with E-state index in [2.05, 4.69) is 10.3 Å². The molecular weight excluding hydrogens is 394 g/mol. The molecule has 0 bridgehead atoms. The van der Waals surface area contributed by atoms with Gasteiger partial charge in [-0.2, -0.15) is 0 Å². The summed E-state index contributed by atoms with van der Waals surface area (Å²) in [5.74, 6) is -0.0963. The third kappa shape index (κ3) is 6.44. The normalized spacial score (nSPS) is 16.6. The summed E-state index contributed by atoms with van der Waals surface area (Å²) >= 11 is 0. The van der Waals surface area contributed by atoms with Gasteiger partial charge < -0.3 is 19.9 Å². The van der Waals surface area contributed by atoms with E-state index in [1.807, 2.05) is 51.1 Å². The van der Waals surface area contributed by atoms with Crippen LogP contribution in [-0.2, 0) is 4.74 Å². The number of nitrogens with zero attached hydrogens (tertiary/aromatic N) is 1. The van der Waals surface area contributed by atoms with Gasteiger partial charge in [0.05, 0.1) is 0 Å². The molecule has 1 aliphatic rings. The number of hydrogen-bond donors (Lipinski definition) is 2. The van der Waals surface area contributed by atoms with Gasteiger partial charge in [0, 0.05) is 25.3 Å². The summed E-state index contributed by atoms with van der Waals surface area (Å²) in [6, 6.07) is 12.8. The van der Waals surface area contributed by atoms with Crippen molar-refractivity contribution >= 4 is 12.0 Å². The lowest BCUT2D eigenvalue weighted by Gasteiger charge is -2.34. The maximum absolute atomic E-state index is 12.5. The average Bonchev–Trinajstić information content (AvgIpc) is 2.73. The average molecular weight is 426 g/mol. The molecule has 166 valence electrons.